The molecule has 8 nitrogen and oxygen atoms in total. The van der Waals surface area contributed by atoms with E-state index in [1.165, 1.54) is 0 Å². The molecule has 4 rings (SSSR count). The lowest BCUT2D eigenvalue weighted by molar-refractivity contribution is -0.136. The zero-order valence-electron chi connectivity index (χ0n) is 15.8. The number of piperidine rings is 1. The SMILES string of the molecule is CN[C@H]1CC[C@H](Nc2cccc3c2C(=O)N(C2CCC(=O)NC2=O)C3=O)CC1. The van der Waals surface area contributed by atoms with E-state index in [0.29, 0.717) is 22.9 Å². The predicted octanol–water partition coefficient (Wildman–Crippen LogP) is 1.03. The molecule has 3 N–H and O–H groups in total. The maximum Gasteiger partial charge on any atom is 0.264 e. The molecule has 1 atom stereocenters. The molecule has 2 fully saturated rings. The number of amides is 4. The van der Waals surface area contributed by atoms with E-state index in [1.807, 2.05) is 13.1 Å². The average molecular weight is 384 g/mol. The van der Waals surface area contributed by atoms with Gasteiger partial charge in [0, 0.05) is 24.2 Å². The molecule has 0 bridgehead atoms. The highest BCUT2D eigenvalue weighted by Crippen LogP contribution is 2.33. The second-order valence-electron chi connectivity index (χ2n) is 7.66. The number of carbonyl (C=O) groups excluding carboxylic acids is 4. The average Bonchev–Trinajstić information content (AvgIpc) is 2.94. The van der Waals surface area contributed by atoms with Gasteiger partial charge in [0.2, 0.25) is 11.8 Å². The Bertz CT molecular complexity index is 845. The van der Waals surface area contributed by atoms with E-state index in [9.17, 15) is 19.2 Å². The normalized spacial score (nSPS) is 27.6. The molecule has 28 heavy (non-hydrogen) atoms. The molecule has 2 heterocycles. The summed E-state index contributed by atoms with van der Waals surface area (Å²) in [5.41, 5.74) is 1.27. The first kappa shape index (κ1) is 18.6. The number of nitrogens with zero attached hydrogens (tertiary/aromatic N) is 1. The van der Waals surface area contributed by atoms with E-state index in [1.54, 1.807) is 12.1 Å². The Balaban J connectivity index is 1.56. The molecule has 1 aromatic carbocycles. The van der Waals surface area contributed by atoms with Crippen LogP contribution in [0.2, 0.25) is 0 Å². The predicted molar refractivity (Wildman–Crippen MR) is 102 cm³/mol. The van der Waals surface area contributed by atoms with Crippen molar-refractivity contribution >= 4 is 29.3 Å². The van der Waals surface area contributed by atoms with Crippen molar-refractivity contribution in [2.45, 2.75) is 56.7 Å². The Morgan fingerprint density at radius 2 is 1.68 bits per heavy atom. The number of benzene rings is 1. The van der Waals surface area contributed by atoms with Crippen LogP contribution >= 0.6 is 0 Å². The van der Waals surface area contributed by atoms with Crippen LogP contribution in [0.3, 0.4) is 0 Å². The van der Waals surface area contributed by atoms with E-state index in [0.717, 1.165) is 30.6 Å². The van der Waals surface area contributed by atoms with Crippen molar-refractivity contribution in [3.05, 3.63) is 29.3 Å². The van der Waals surface area contributed by atoms with Gasteiger partial charge >= 0.3 is 0 Å². The van der Waals surface area contributed by atoms with E-state index < -0.39 is 23.8 Å². The highest BCUT2D eigenvalue weighted by molar-refractivity contribution is 6.25. The Morgan fingerprint density at radius 1 is 0.964 bits per heavy atom. The summed E-state index contributed by atoms with van der Waals surface area (Å²) < 4.78 is 0. The molecule has 3 aliphatic rings. The standard InChI is InChI=1S/C20H24N4O4/c1-21-11-5-7-12(8-6-11)22-14-4-2-3-13-17(14)20(28)24(19(13)27)15-9-10-16(25)23-18(15)26/h2-4,11-12,15,21-22H,5-10H2,1H3,(H,23,25,26)/t11-,12-,15?. The van der Waals surface area contributed by atoms with Gasteiger partial charge in [-0.05, 0) is 51.3 Å². The summed E-state index contributed by atoms with van der Waals surface area (Å²) in [4.78, 5) is 50.6. The summed E-state index contributed by atoms with van der Waals surface area (Å²) in [7, 11) is 1.97. The molecule has 1 aliphatic carbocycles. The minimum atomic E-state index is -0.941. The smallest absolute Gasteiger partial charge is 0.264 e. The summed E-state index contributed by atoms with van der Waals surface area (Å²) >= 11 is 0. The fraction of sp³-hybridized carbons (Fsp3) is 0.500. The lowest BCUT2D eigenvalue weighted by atomic mass is 9.91. The molecule has 0 aromatic heterocycles. The van der Waals surface area contributed by atoms with Crippen LogP contribution in [0.25, 0.3) is 0 Å². The van der Waals surface area contributed by atoms with Gasteiger partial charge in [-0.15, -0.1) is 0 Å². The van der Waals surface area contributed by atoms with Gasteiger partial charge in [-0.25, -0.2) is 0 Å². The van der Waals surface area contributed by atoms with Crippen LogP contribution in [-0.4, -0.2) is 53.7 Å². The zero-order valence-corrected chi connectivity index (χ0v) is 15.8. The molecular weight excluding hydrogens is 360 g/mol. The van der Waals surface area contributed by atoms with Crippen molar-refractivity contribution in [1.29, 1.82) is 0 Å². The van der Waals surface area contributed by atoms with Crippen molar-refractivity contribution in [1.82, 2.24) is 15.5 Å². The molecule has 0 spiro atoms. The minimum absolute atomic E-state index is 0.115. The second kappa shape index (κ2) is 7.35. The summed E-state index contributed by atoms with van der Waals surface area (Å²) in [6.45, 7) is 0. The van der Waals surface area contributed by atoms with Gasteiger partial charge in [0.15, 0.2) is 0 Å². The third-order valence-corrected chi connectivity index (χ3v) is 5.96. The number of fused-ring (bicyclic) bond motifs is 1. The molecular formula is C20H24N4O4. The summed E-state index contributed by atoms with van der Waals surface area (Å²) in [5, 5.41) is 8.95. The van der Waals surface area contributed by atoms with Crippen LogP contribution < -0.4 is 16.0 Å². The molecule has 0 radical (unpaired) electrons. The molecule has 1 saturated carbocycles. The lowest BCUT2D eigenvalue weighted by Crippen LogP contribution is -2.54. The van der Waals surface area contributed by atoms with Crippen molar-refractivity contribution in [2.24, 2.45) is 0 Å². The van der Waals surface area contributed by atoms with Crippen LogP contribution in [0.5, 0.6) is 0 Å². The highest BCUT2D eigenvalue weighted by atomic mass is 16.2. The van der Waals surface area contributed by atoms with Crippen molar-refractivity contribution < 1.29 is 19.2 Å². The maximum absolute atomic E-state index is 13.1. The molecule has 1 unspecified atom stereocenters. The first-order chi connectivity index (χ1) is 13.5. The van der Waals surface area contributed by atoms with Gasteiger partial charge in [-0.3, -0.25) is 29.4 Å². The molecule has 1 aromatic rings. The Kier molecular flexibility index (Phi) is 4.89. The second-order valence-corrected chi connectivity index (χ2v) is 7.66. The van der Waals surface area contributed by atoms with Crippen molar-refractivity contribution in [3.63, 3.8) is 0 Å². The van der Waals surface area contributed by atoms with E-state index in [2.05, 4.69) is 16.0 Å². The Hall–Kier alpha value is -2.74. The highest BCUT2D eigenvalue weighted by Gasteiger charge is 2.45. The van der Waals surface area contributed by atoms with Gasteiger partial charge in [-0.2, -0.15) is 0 Å². The molecule has 8 heteroatoms. The number of imide groups is 2. The van der Waals surface area contributed by atoms with Gasteiger partial charge in [0.1, 0.15) is 6.04 Å². The minimum Gasteiger partial charge on any atom is -0.382 e. The van der Waals surface area contributed by atoms with Crippen LogP contribution in [0, 0.1) is 0 Å². The van der Waals surface area contributed by atoms with Crippen LogP contribution in [0.15, 0.2) is 18.2 Å². The molecule has 148 valence electrons. The van der Waals surface area contributed by atoms with E-state index in [4.69, 9.17) is 0 Å². The Morgan fingerprint density at radius 3 is 2.36 bits per heavy atom. The van der Waals surface area contributed by atoms with Crippen LogP contribution in [0.1, 0.15) is 59.2 Å². The summed E-state index contributed by atoms with van der Waals surface area (Å²) in [5.74, 6) is -1.92. The van der Waals surface area contributed by atoms with Gasteiger partial charge in [-0.1, -0.05) is 6.07 Å². The fourth-order valence-electron chi connectivity index (χ4n) is 4.38. The maximum atomic E-state index is 13.1. The number of anilines is 1. The zero-order chi connectivity index (χ0) is 19.8. The summed E-state index contributed by atoms with van der Waals surface area (Å²) in [6, 6.07) is 4.99. The van der Waals surface area contributed by atoms with Gasteiger partial charge < -0.3 is 10.6 Å². The lowest BCUT2D eigenvalue weighted by Gasteiger charge is -2.30. The first-order valence-electron chi connectivity index (χ1n) is 9.78. The monoisotopic (exact) mass is 384 g/mol. The number of hydrogen-bond donors (Lipinski definition) is 3. The Labute approximate surface area is 163 Å². The quantitative estimate of drug-likeness (QED) is 0.670. The number of nitrogens with one attached hydrogen (secondary N) is 3. The topological polar surface area (TPSA) is 108 Å². The number of rotatable bonds is 4. The van der Waals surface area contributed by atoms with Crippen molar-refractivity contribution in [3.8, 4) is 0 Å². The van der Waals surface area contributed by atoms with E-state index >= 15 is 0 Å². The fourth-order valence-corrected chi connectivity index (χ4v) is 4.38. The molecule has 4 amide bonds. The third-order valence-electron chi connectivity index (χ3n) is 5.96. The molecule has 2 aliphatic heterocycles. The third kappa shape index (κ3) is 3.17. The van der Waals surface area contributed by atoms with Crippen LogP contribution in [-0.2, 0) is 9.59 Å². The first-order valence-corrected chi connectivity index (χ1v) is 9.78. The van der Waals surface area contributed by atoms with Crippen molar-refractivity contribution in [2.75, 3.05) is 12.4 Å². The largest absolute Gasteiger partial charge is 0.382 e. The molecule has 1 saturated heterocycles. The van der Waals surface area contributed by atoms with E-state index in [-0.39, 0.29) is 24.8 Å². The van der Waals surface area contributed by atoms with Crippen LogP contribution in [0.4, 0.5) is 5.69 Å². The number of carbonyl (C=O) groups is 4. The summed E-state index contributed by atoms with van der Waals surface area (Å²) in [6.07, 6.45) is 4.34. The number of hydrogen-bond acceptors (Lipinski definition) is 6. The van der Waals surface area contributed by atoms with Gasteiger partial charge in [0.05, 0.1) is 11.1 Å². The van der Waals surface area contributed by atoms with Gasteiger partial charge in [0.25, 0.3) is 11.8 Å².